The Kier molecular flexibility index (Phi) is 3.75. The van der Waals surface area contributed by atoms with Gasteiger partial charge in [0.05, 0.1) is 7.11 Å². The molecule has 0 bridgehead atoms. The fourth-order valence-corrected chi connectivity index (χ4v) is 1.43. The number of ether oxygens (including phenoxy) is 1. The summed E-state index contributed by atoms with van der Waals surface area (Å²) in [6.07, 6.45) is 0. The van der Waals surface area contributed by atoms with Crippen LogP contribution in [-0.2, 0) is 0 Å². The van der Waals surface area contributed by atoms with Crippen LogP contribution in [0.15, 0.2) is 33.5 Å². The van der Waals surface area contributed by atoms with Gasteiger partial charge in [-0.05, 0) is 12.1 Å². The Morgan fingerprint density at radius 3 is 2.71 bits per heavy atom. The maximum absolute atomic E-state index is 11.3. The van der Waals surface area contributed by atoms with Gasteiger partial charge >= 0.3 is 11.6 Å². The highest BCUT2D eigenvalue weighted by Gasteiger charge is 2.13. The molecule has 1 aromatic heterocycles. The van der Waals surface area contributed by atoms with E-state index in [1.165, 1.54) is 13.2 Å². The zero-order chi connectivity index (χ0) is 11.7. The highest BCUT2D eigenvalue weighted by Crippen LogP contribution is 2.24. The minimum Gasteiger partial charge on any atom is -0.493 e. The van der Waals surface area contributed by atoms with E-state index >= 15 is 0 Å². The molecule has 0 amide bonds. The summed E-state index contributed by atoms with van der Waals surface area (Å²) in [5.41, 5.74) is -1.02. The van der Waals surface area contributed by atoms with E-state index in [1.54, 1.807) is 18.2 Å². The maximum atomic E-state index is 11.3. The monoisotopic (exact) mass is 256 g/mol. The lowest BCUT2D eigenvalue weighted by Gasteiger charge is -2.03. The number of carboxylic acids is 1. The number of halogens is 1. The van der Waals surface area contributed by atoms with Crippen molar-refractivity contribution in [2.75, 3.05) is 7.11 Å². The quantitative estimate of drug-likeness (QED) is 0.831. The van der Waals surface area contributed by atoms with Crippen LogP contribution in [-0.4, -0.2) is 18.2 Å². The van der Waals surface area contributed by atoms with E-state index in [4.69, 9.17) is 14.3 Å². The van der Waals surface area contributed by atoms with Gasteiger partial charge in [0.15, 0.2) is 11.3 Å². The molecule has 0 atom stereocenters. The summed E-state index contributed by atoms with van der Waals surface area (Å²) < 4.78 is 9.92. The number of carboxylic acid groups (broad SMARTS) is 1. The van der Waals surface area contributed by atoms with Crippen LogP contribution in [0.1, 0.15) is 10.4 Å². The fraction of sp³-hybridized carbons (Fsp3) is 0.0909. The van der Waals surface area contributed by atoms with Crippen LogP contribution in [0.3, 0.4) is 0 Å². The first-order chi connectivity index (χ1) is 7.63. The molecule has 0 spiro atoms. The van der Waals surface area contributed by atoms with Crippen molar-refractivity contribution >= 4 is 29.3 Å². The van der Waals surface area contributed by atoms with Crippen molar-refractivity contribution in [2.45, 2.75) is 0 Å². The second kappa shape index (κ2) is 4.88. The van der Waals surface area contributed by atoms with E-state index < -0.39 is 11.6 Å². The molecule has 17 heavy (non-hydrogen) atoms. The van der Waals surface area contributed by atoms with Gasteiger partial charge in [0.25, 0.3) is 0 Å². The van der Waals surface area contributed by atoms with Crippen LogP contribution in [0.4, 0.5) is 0 Å². The molecule has 0 aliphatic heterocycles. The first kappa shape index (κ1) is 13.1. The van der Waals surface area contributed by atoms with Crippen molar-refractivity contribution in [3.05, 3.63) is 40.2 Å². The van der Waals surface area contributed by atoms with E-state index in [0.717, 1.165) is 0 Å². The van der Waals surface area contributed by atoms with Gasteiger partial charge in [-0.15, -0.1) is 12.4 Å². The number of para-hydroxylation sites is 1. The van der Waals surface area contributed by atoms with Gasteiger partial charge in [-0.25, -0.2) is 9.59 Å². The molecule has 0 saturated heterocycles. The maximum Gasteiger partial charge on any atom is 0.351 e. The summed E-state index contributed by atoms with van der Waals surface area (Å²) in [5, 5.41) is 9.27. The highest BCUT2D eigenvalue weighted by molar-refractivity contribution is 5.92. The third-order valence-corrected chi connectivity index (χ3v) is 2.17. The number of methoxy groups -OCH3 is 1. The lowest BCUT2D eigenvalue weighted by Crippen LogP contribution is -2.13. The molecule has 0 saturated carbocycles. The van der Waals surface area contributed by atoms with Crippen LogP contribution in [0.5, 0.6) is 5.75 Å². The lowest BCUT2D eigenvalue weighted by atomic mass is 10.2. The average molecular weight is 257 g/mol. The number of carbonyl (C=O) groups is 1. The molecule has 0 unspecified atom stereocenters. The standard InChI is InChI=1S/C11H8O5.ClH/c1-15-8-4-2-3-6-5-7(10(12)13)11(14)16-9(6)8;/h2-5H,1H3,(H,12,13);1H. The van der Waals surface area contributed by atoms with Gasteiger partial charge in [-0.2, -0.15) is 0 Å². The van der Waals surface area contributed by atoms with Gasteiger partial charge in [0.2, 0.25) is 0 Å². The molecule has 0 radical (unpaired) electrons. The van der Waals surface area contributed by atoms with Crippen LogP contribution < -0.4 is 10.4 Å². The molecular weight excluding hydrogens is 248 g/mol. The summed E-state index contributed by atoms with van der Waals surface area (Å²) in [6.45, 7) is 0. The van der Waals surface area contributed by atoms with Crippen molar-refractivity contribution in [3.63, 3.8) is 0 Å². The molecule has 90 valence electrons. The molecule has 6 heteroatoms. The van der Waals surface area contributed by atoms with Gasteiger partial charge < -0.3 is 14.3 Å². The lowest BCUT2D eigenvalue weighted by molar-refractivity contribution is 0.0692. The van der Waals surface area contributed by atoms with E-state index in [0.29, 0.717) is 11.1 Å². The number of benzene rings is 1. The van der Waals surface area contributed by atoms with Gasteiger partial charge in [0, 0.05) is 5.39 Å². The molecule has 0 aliphatic carbocycles. The Morgan fingerprint density at radius 2 is 2.12 bits per heavy atom. The number of fused-ring (bicyclic) bond motifs is 1. The van der Waals surface area contributed by atoms with Crippen LogP contribution >= 0.6 is 12.4 Å². The number of hydrogen-bond acceptors (Lipinski definition) is 4. The molecule has 0 fully saturated rings. The van der Waals surface area contributed by atoms with E-state index in [1.807, 2.05) is 0 Å². The Balaban J connectivity index is 0.00000144. The Morgan fingerprint density at radius 1 is 1.41 bits per heavy atom. The van der Waals surface area contributed by atoms with Gasteiger partial charge in [-0.3, -0.25) is 0 Å². The molecular formula is C11H9ClO5. The van der Waals surface area contributed by atoms with Crippen molar-refractivity contribution in [3.8, 4) is 5.75 Å². The first-order valence-electron chi connectivity index (χ1n) is 4.47. The Labute approximate surface area is 102 Å². The molecule has 0 aliphatic rings. The van der Waals surface area contributed by atoms with Crippen LogP contribution in [0, 0.1) is 0 Å². The third-order valence-electron chi connectivity index (χ3n) is 2.17. The number of aromatic carboxylic acids is 1. The zero-order valence-corrected chi connectivity index (χ0v) is 9.61. The predicted molar refractivity (Wildman–Crippen MR) is 63.2 cm³/mol. The fourth-order valence-electron chi connectivity index (χ4n) is 1.43. The molecule has 1 heterocycles. The molecule has 1 N–H and O–H groups in total. The molecule has 1 aromatic carbocycles. The van der Waals surface area contributed by atoms with Gasteiger partial charge in [0.1, 0.15) is 5.56 Å². The van der Waals surface area contributed by atoms with Crippen LogP contribution in [0.25, 0.3) is 11.0 Å². The van der Waals surface area contributed by atoms with Crippen molar-refractivity contribution in [1.82, 2.24) is 0 Å². The highest BCUT2D eigenvalue weighted by atomic mass is 35.5. The average Bonchev–Trinajstić information content (AvgIpc) is 2.27. The van der Waals surface area contributed by atoms with Crippen LogP contribution in [0.2, 0.25) is 0 Å². The Hall–Kier alpha value is -2.01. The smallest absolute Gasteiger partial charge is 0.351 e. The number of hydrogen-bond donors (Lipinski definition) is 1. The summed E-state index contributed by atoms with van der Waals surface area (Å²) in [4.78, 5) is 22.1. The molecule has 2 aromatic rings. The summed E-state index contributed by atoms with van der Waals surface area (Å²) in [6, 6.07) is 6.23. The van der Waals surface area contributed by atoms with E-state index in [-0.39, 0.29) is 23.6 Å². The number of rotatable bonds is 2. The van der Waals surface area contributed by atoms with Crippen molar-refractivity contribution < 1.29 is 19.1 Å². The minimum absolute atomic E-state index is 0. The van der Waals surface area contributed by atoms with E-state index in [9.17, 15) is 9.59 Å². The zero-order valence-electron chi connectivity index (χ0n) is 8.80. The van der Waals surface area contributed by atoms with Crippen molar-refractivity contribution in [1.29, 1.82) is 0 Å². The summed E-state index contributed by atoms with van der Waals surface area (Å²) >= 11 is 0. The predicted octanol–water partition coefficient (Wildman–Crippen LogP) is 1.92. The van der Waals surface area contributed by atoms with E-state index in [2.05, 4.69) is 0 Å². The van der Waals surface area contributed by atoms with Crippen molar-refractivity contribution in [2.24, 2.45) is 0 Å². The second-order valence-corrected chi connectivity index (χ2v) is 3.13. The Bertz CT molecular complexity index is 617. The second-order valence-electron chi connectivity index (χ2n) is 3.13. The first-order valence-corrected chi connectivity index (χ1v) is 4.47. The normalized spacial score (nSPS) is 9.71. The summed E-state index contributed by atoms with van der Waals surface area (Å²) in [5.74, 6) is -0.912. The molecule has 2 rings (SSSR count). The topological polar surface area (TPSA) is 76.7 Å². The summed E-state index contributed by atoms with van der Waals surface area (Å²) in [7, 11) is 1.44. The van der Waals surface area contributed by atoms with Gasteiger partial charge in [-0.1, -0.05) is 12.1 Å². The third kappa shape index (κ3) is 2.24. The minimum atomic E-state index is -1.31. The largest absolute Gasteiger partial charge is 0.493 e. The molecule has 5 nitrogen and oxygen atoms in total. The SMILES string of the molecule is COc1cccc2cc(C(=O)O)c(=O)oc12.Cl.